The molecular formula is C19H16ClN3O3S. The van der Waals surface area contributed by atoms with E-state index in [1.54, 1.807) is 24.3 Å². The summed E-state index contributed by atoms with van der Waals surface area (Å²) < 4.78 is 26.5. The molecule has 0 fully saturated rings. The third-order valence-corrected chi connectivity index (χ3v) is 5.36. The van der Waals surface area contributed by atoms with Crippen LogP contribution in [0, 0.1) is 0 Å². The van der Waals surface area contributed by atoms with Gasteiger partial charge in [0, 0.05) is 23.3 Å². The Balaban J connectivity index is 1.82. The number of aromatic nitrogens is 1. The normalized spacial score (nSPS) is 11.2. The minimum absolute atomic E-state index is 0.203. The number of amides is 1. The van der Waals surface area contributed by atoms with Crippen molar-refractivity contribution in [1.29, 1.82) is 0 Å². The van der Waals surface area contributed by atoms with Crippen molar-refractivity contribution in [3.05, 3.63) is 83.0 Å². The maximum absolute atomic E-state index is 12.3. The fraction of sp³-hybridized carbons (Fsp3) is 0.0526. The molecule has 3 N–H and O–H groups in total. The summed E-state index contributed by atoms with van der Waals surface area (Å²) in [5.41, 5.74) is 8.78. The average molecular weight is 402 g/mol. The zero-order valence-corrected chi connectivity index (χ0v) is 15.7. The third kappa shape index (κ3) is 4.33. The summed E-state index contributed by atoms with van der Waals surface area (Å²) in [6.45, 7) is 0.392. The van der Waals surface area contributed by atoms with E-state index in [9.17, 15) is 13.2 Å². The number of carbonyl (C=O) groups excluding carboxylic acids is 1. The third-order valence-electron chi connectivity index (χ3n) is 3.89. The van der Waals surface area contributed by atoms with E-state index in [1.807, 2.05) is 29.0 Å². The first-order valence-electron chi connectivity index (χ1n) is 7.98. The van der Waals surface area contributed by atoms with Crippen LogP contribution in [0.4, 0.5) is 0 Å². The van der Waals surface area contributed by atoms with Gasteiger partial charge in [-0.2, -0.15) is 8.42 Å². The Bertz CT molecular complexity index is 1080. The van der Waals surface area contributed by atoms with E-state index in [0.29, 0.717) is 6.54 Å². The molecule has 2 aromatic carbocycles. The van der Waals surface area contributed by atoms with Crippen molar-refractivity contribution in [2.24, 2.45) is 5.73 Å². The number of hydrogen-bond acceptors (Lipinski definition) is 5. The zero-order valence-electron chi connectivity index (χ0n) is 14.1. The number of nitrogens with zero attached hydrogens (tertiary/aromatic N) is 1. The summed E-state index contributed by atoms with van der Waals surface area (Å²) in [7, 11) is -4.11. The van der Waals surface area contributed by atoms with Crippen molar-refractivity contribution in [2.75, 3.05) is 0 Å². The van der Waals surface area contributed by atoms with Crippen molar-refractivity contribution in [3.8, 4) is 11.1 Å². The lowest BCUT2D eigenvalue weighted by Crippen LogP contribution is -2.31. The van der Waals surface area contributed by atoms with Gasteiger partial charge in [0.2, 0.25) is 0 Å². The second-order valence-corrected chi connectivity index (χ2v) is 7.75. The Morgan fingerprint density at radius 3 is 2.44 bits per heavy atom. The van der Waals surface area contributed by atoms with Gasteiger partial charge in [-0.25, -0.2) is 9.71 Å². The Hall–Kier alpha value is -2.74. The van der Waals surface area contributed by atoms with Gasteiger partial charge in [-0.1, -0.05) is 48.0 Å². The minimum atomic E-state index is -4.11. The Kier molecular flexibility index (Phi) is 5.55. The molecule has 138 valence electrons. The minimum Gasteiger partial charge on any atom is -0.326 e. The van der Waals surface area contributed by atoms with Crippen LogP contribution in [-0.4, -0.2) is 19.3 Å². The van der Waals surface area contributed by atoms with Gasteiger partial charge in [0.05, 0.1) is 0 Å². The van der Waals surface area contributed by atoms with Gasteiger partial charge < -0.3 is 5.73 Å². The molecule has 8 heteroatoms. The lowest BCUT2D eigenvalue weighted by molar-refractivity contribution is 0.0981. The van der Waals surface area contributed by atoms with Crippen LogP contribution < -0.4 is 10.5 Å². The van der Waals surface area contributed by atoms with E-state index in [1.165, 1.54) is 18.3 Å². The molecule has 0 aliphatic heterocycles. The standard InChI is InChI=1S/C19H16ClN3O3S/c20-16-9-10-22-18(11-16)27(25,26)23-19(24)14-7-5-13(6-8-14)17-4-2-1-3-15(17)12-21/h1-11H,12,21H2,(H,23,24). The van der Waals surface area contributed by atoms with Gasteiger partial charge in [-0.05, 0) is 41.0 Å². The molecule has 0 radical (unpaired) electrons. The van der Waals surface area contributed by atoms with Gasteiger partial charge in [0.25, 0.3) is 15.9 Å². The molecule has 1 amide bonds. The molecule has 27 heavy (non-hydrogen) atoms. The number of benzene rings is 2. The van der Waals surface area contributed by atoms with Crippen LogP contribution in [0.5, 0.6) is 0 Å². The first-order chi connectivity index (χ1) is 12.9. The fourth-order valence-electron chi connectivity index (χ4n) is 2.55. The summed E-state index contributed by atoms with van der Waals surface area (Å²) in [6, 6.07) is 16.9. The molecule has 0 atom stereocenters. The monoisotopic (exact) mass is 401 g/mol. The number of rotatable bonds is 5. The van der Waals surface area contributed by atoms with E-state index in [4.69, 9.17) is 17.3 Å². The van der Waals surface area contributed by atoms with Crippen LogP contribution in [0.2, 0.25) is 5.02 Å². The lowest BCUT2D eigenvalue weighted by atomic mass is 9.99. The SMILES string of the molecule is NCc1ccccc1-c1ccc(C(=O)NS(=O)(=O)c2cc(Cl)ccn2)cc1. The van der Waals surface area contributed by atoms with Gasteiger partial charge >= 0.3 is 0 Å². The van der Waals surface area contributed by atoms with Crippen LogP contribution in [0.1, 0.15) is 15.9 Å². The highest BCUT2D eigenvalue weighted by Crippen LogP contribution is 2.24. The van der Waals surface area contributed by atoms with E-state index in [2.05, 4.69) is 4.98 Å². The van der Waals surface area contributed by atoms with Crippen LogP contribution in [-0.2, 0) is 16.6 Å². The fourth-order valence-corrected chi connectivity index (χ4v) is 3.72. The maximum atomic E-state index is 12.3. The smallest absolute Gasteiger partial charge is 0.281 e. The highest BCUT2D eigenvalue weighted by Gasteiger charge is 2.20. The molecule has 0 spiro atoms. The first-order valence-corrected chi connectivity index (χ1v) is 9.84. The van der Waals surface area contributed by atoms with Crippen LogP contribution in [0.25, 0.3) is 11.1 Å². The number of nitrogens with one attached hydrogen (secondary N) is 1. The van der Waals surface area contributed by atoms with Gasteiger partial charge in [-0.3, -0.25) is 4.79 Å². The predicted octanol–water partition coefficient (Wildman–Crippen LogP) is 2.98. The molecule has 0 saturated heterocycles. The number of halogens is 1. The molecule has 3 rings (SSSR count). The molecule has 6 nitrogen and oxygen atoms in total. The number of carbonyl (C=O) groups is 1. The largest absolute Gasteiger partial charge is 0.326 e. The predicted molar refractivity (Wildman–Crippen MR) is 104 cm³/mol. The maximum Gasteiger partial charge on any atom is 0.281 e. The second kappa shape index (κ2) is 7.87. The zero-order chi connectivity index (χ0) is 19.4. The summed E-state index contributed by atoms with van der Waals surface area (Å²) >= 11 is 5.78. The summed E-state index contributed by atoms with van der Waals surface area (Å²) in [4.78, 5) is 16.1. The van der Waals surface area contributed by atoms with E-state index in [-0.39, 0.29) is 15.6 Å². The topological polar surface area (TPSA) is 102 Å². The summed E-state index contributed by atoms with van der Waals surface area (Å²) in [5, 5.41) is -0.113. The van der Waals surface area contributed by atoms with Crippen molar-refractivity contribution >= 4 is 27.5 Å². The molecule has 1 aromatic heterocycles. The molecule has 0 saturated carbocycles. The molecule has 0 aliphatic carbocycles. The number of hydrogen-bond donors (Lipinski definition) is 2. The molecule has 3 aromatic rings. The molecule has 0 aliphatic rings. The van der Waals surface area contributed by atoms with Gasteiger partial charge in [-0.15, -0.1) is 0 Å². The van der Waals surface area contributed by atoms with E-state index < -0.39 is 15.9 Å². The van der Waals surface area contributed by atoms with E-state index >= 15 is 0 Å². The summed E-state index contributed by atoms with van der Waals surface area (Å²) in [5.74, 6) is -0.754. The number of nitrogens with two attached hydrogens (primary N) is 1. The van der Waals surface area contributed by atoms with Crippen molar-refractivity contribution in [3.63, 3.8) is 0 Å². The van der Waals surface area contributed by atoms with Crippen molar-refractivity contribution in [1.82, 2.24) is 9.71 Å². The second-order valence-electron chi connectivity index (χ2n) is 5.69. The van der Waals surface area contributed by atoms with Crippen molar-refractivity contribution in [2.45, 2.75) is 11.6 Å². The quantitative estimate of drug-likeness (QED) is 0.684. The van der Waals surface area contributed by atoms with Crippen LogP contribution >= 0.6 is 11.6 Å². The highest BCUT2D eigenvalue weighted by molar-refractivity contribution is 7.90. The Morgan fingerprint density at radius 2 is 1.78 bits per heavy atom. The van der Waals surface area contributed by atoms with Crippen molar-refractivity contribution < 1.29 is 13.2 Å². The molecule has 1 heterocycles. The Morgan fingerprint density at radius 1 is 1.07 bits per heavy atom. The summed E-state index contributed by atoms with van der Waals surface area (Å²) in [6.07, 6.45) is 1.26. The van der Waals surface area contributed by atoms with Crippen LogP contribution in [0.3, 0.4) is 0 Å². The van der Waals surface area contributed by atoms with E-state index in [0.717, 1.165) is 16.7 Å². The number of pyridine rings is 1. The van der Waals surface area contributed by atoms with Crippen LogP contribution in [0.15, 0.2) is 71.9 Å². The van der Waals surface area contributed by atoms with Gasteiger partial charge in [0.1, 0.15) is 0 Å². The van der Waals surface area contributed by atoms with Gasteiger partial charge in [0.15, 0.2) is 5.03 Å². The molecular weight excluding hydrogens is 386 g/mol. The Labute approximate surface area is 162 Å². The average Bonchev–Trinajstić information content (AvgIpc) is 2.68. The highest BCUT2D eigenvalue weighted by atomic mass is 35.5. The number of sulfonamides is 1. The first kappa shape index (κ1) is 19.0. The molecule has 0 bridgehead atoms. The molecule has 0 unspecified atom stereocenters. The lowest BCUT2D eigenvalue weighted by Gasteiger charge is -2.09.